The number of hydrazone groups is 1. The molecule has 0 spiro atoms. The molecular weight excluding hydrogens is 380 g/mol. The average molecular weight is 404 g/mol. The zero-order valence-corrected chi connectivity index (χ0v) is 17.5. The number of nitro groups is 1. The van der Waals surface area contributed by atoms with Crippen molar-refractivity contribution < 1.29 is 9.72 Å². The van der Waals surface area contributed by atoms with Gasteiger partial charge in [-0.15, -0.1) is 0 Å². The second-order valence-electron chi connectivity index (χ2n) is 7.10. The summed E-state index contributed by atoms with van der Waals surface area (Å²) in [5.41, 5.74) is 9.39. The Morgan fingerprint density at radius 2 is 1.87 bits per heavy atom. The number of nitrogens with one attached hydrogen (secondary N) is 1. The maximum absolute atomic E-state index is 12.2. The van der Waals surface area contributed by atoms with E-state index >= 15 is 0 Å². The summed E-state index contributed by atoms with van der Waals surface area (Å²) in [5.74, 6) is -0.429. The van der Waals surface area contributed by atoms with Gasteiger partial charge in [-0.2, -0.15) is 5.10 Å². The number of aromatic nitrogens is 1. The van der Waals surface area contributed by atoms with E-state index in [-0.39, 0.29) is 5.69 Å². The average Bonchev–Trinajstić information content (AvgIpc) is 3.01. The third-order valence-corrected chi connectivity index (χ3v) is 5.11. The molecule has 0 fully saturated rings. The maximum atomic E-state index is 12.2. The Morgan fingerprint density at radius 1 is 1.17 bits per heavy atom. The summed E-state index contributed by atoms with van der Waals surface area (Å²) >= 11 is 0. The van der Waals surface area contributed by atoms with Gasteiger partial charge in [0.05, 0.1) is 16.8 Å². The SMILES string of the molecule is CCc1cccc(C)c1-n1c(C)cc(C=NNC(=O)c2ccc([N+](=O)[O-])cc2)c1C. The molecule has 0 aliphatic heterocycles. The van der Waals surface area contributed by atoms with Gasteiger partial charge in [-0.1, -0.05) is 25.1 Å². The van der Waals surface area contributed by atoms with Gasteiger partial charge >= 0.3 is 0 Å². The molecule has 0 aliphatic rings. The van der Waals surface area contributed by atoms with Crippen molar-refractivity contribution in [3.8, 4) is 5.69 Å². The number of aryl methyl sites for hydroxylation is 3. The molecule has 3 aromatic rings. The fourth-order valence-electron chi connectivity index (χ4n) is 3.55. The quantitative estimate of drug-likeness (QED) is 0.369. The predicted octanol–water partition coefficient (Wildman–Crippen LogP) is 4.64. The van der Waals surface area contributed by atoms with Gasteiger partial charge in [-0.05, 0) is 56.5 Å². The summed E-state index contributed by atoms with van der Waals surface area (Å²) in [6.07, 6.45) is 2.55. The number of non-ortho nitro benzene ring substituents is 1. The van der Waals surface area contributed by atoms with Crippen LogP contribution in [0.25, 0.3) is 5.69 Å². The van der Waals surface area contributed by atoms with Crippen molar-refractivity contribution in [2.45, 2.75) is 34.1 Å². The van der Waals surface area contributed by atoms with Crippen molar-refractivity contribution in [1.29, 1.82) is 0 Å². The number of benzene rings is 2. The van der Waals surface area contributed by atoms with Gasteiger partial charge in [0.15, 0.2) is 0 Å². The molecule has 0 atom stereocenters. The number of carbonyl (C=O) groups excluding carboxylic acids is 1. The van der Waals surface area contributed by atoms with Crippen LogP contribution in [0.3, 0.4) is 0 Å². The number of nitro benzene ring substituents is 1. The lowest BCUT2D eigenvalue weighted by molar-refractivity contribution is -0.384. The van der Waals surface area contributed by atoms with Crippen molar-refractivity contribution in [2.24, 2.45) is 5.10 Å². The number of rotatable bonds is 6. The van der Waals surface area contributed by atoms with Crippen molar-refractivity contribution in [1.82, 2.24) is 9.99 Å². The van der Waals surface area contributed by atoms with Gasteiger partial charge in [0.25, 0.3) is 11.6 Å². The molecule has 1 amide bonds. The normalized spacial score (nSPS) is 11.1. The summed E-state index contributed by atoms with van der Waals surface area (Å²) in [7, 11) is 0. The lowest BCUT2D eigenvalue weighted by atomic mass is 10.1. The van der Waals surface area contributed by atoms with Gasteiger partial charge in [-0.3, -0.25) is 14.9 Å². The topological polar surface area (TPSA) is 89.5 Å². The number of amides is 1. The standard InChI is InChI=1S/C23H24N4O3/c1-5-18-8-6-7-15(2)22(18)26-16(3)13-20(17(26)4)14-24-25-23(28)19-9-11-21(12-10-19)27(29)30/h6-14H,5H2,1-4H3,(H,25,28). The first-order valence-corrected chi connectivity index (χ1v) is 9.69. The molecule has 1 aromatic heterocycles. The predicted molar refractivity (Wildman–Crippen MR) is 118 cm³/mol. The molecule has 0 aliphatic carbocycles. The minimum absolute atomic E-state index is 0.0647. The second kappa shape index (κ2) is 8.73. The maximum Gasteiger partial charge on any atom is 0.271 e. The first-order chi connectivity index (χ1) is 14.3. The Balaban J connectivity index is 1.82. The summed E-state index contributed by atoms with van der Waals surface area (Å²) in [5, 5.41) is 14.8. The van der Waals surface area contributed by atoms with E-state index in [0.29, 0.717) is 5.56 Å². The van der Waals surface area contributed by atoms with Gasteiger partial charge in [0.2, 0.25) is 0 Å². The number of hydrogen-bond donors (Lipinski definition) is 1. The van der Waals surface area contributed by atoms with Crippen LogP contribution < -0.4 is 5.43 Å². The van der Waals surface area contributed by atoms with Crippen LogP contribution in [0.4, 0.5) is 5.69 Å². The number of carbonyl (C=O) groups is 1. The van der Waals surface area contributed by atoms with Crippen LogP contribution in [-0.4, -0.2) is 21.6 Å². The van der Waals surface area contributed by atoms with Crippen molar-refractivity contribution in [3.05, 3.63) is 92.3 Å². The summed E-state index contributed by atoms with van der Waals surface area (Å²) in [6.45, 7) is 8.32. The number of nitrogens with zero attached hydrogens (tertiary/aromatic N) is 3. The molecule has 2 aromatic carbocycles. The van der Waals surface area contributed by atoms with E-state index in [1.807, 2.05) is 19.9 Å². The fourth-order valence-corrected chi connectivity index (χ4v) is 3.55. The Kier molecular flexibility index (Phi) is 6.11. The Morgan fingerprint density at radius 3 is 2.50 bits per heavy atom. The molecule has 0 saturated heterocycles. The highest BCUT2D eigenvalue weighted by Crippen LogP contribution is 2.26. The molecule has 7 nitrogen and oxygen atoms in total. The van der Waals surface area contributed by atoms with Crippen LogP contribution in [-0.2, 0) is 6.42 Å². The molecule has 0 bridgehead atoms. The van der Waals surface area contributed by atoms with Crippen LogP contribution in [0, 0.1) is 30.9 Å². The minimum Gasteiger partial charge on any atom is -0.317 e. The zero-order valence-electron chi connectivity index (χ0n) is 17.5. The molecule has 1 heterocycles. The van der Waals surface area contributed by atoms with E-state index in [4.69, 9.17) is 0 Å². The first-order valence-electron chi connectivity index (χ1n) is 9.69. The van der Waals surface area contributed by atoms with E-state index < -0.39 is 10.8 Å². The Hall–Kier alpha value is -3.74. The number of hydrogen-bond acceptors (Lipinski definition) is 4. The van der Waals surface area contributed by atoms with E-state index in [0.717, 1.165) is 23.4 Å². The molecule has 0 radical (unpaired) electrons. The molecule has 3 rings (SSSR count). The highest BCUT2D eigenvalue weighted by Gasteiger charge is 2.14. The molecular formula is C23H24N4O3. The molecule has 7 heteroatoms. The highest BCUT2D eigenvalue weighted by molar-refractivity contribution is 5.95. The lowest BCUT2D eigenvalue weighted by Gasteiger charge is -2.17. The molecule has 0 unspecified atom stereocenters. The fraction of sp³-hybridized carbons (Fsp3) is 0.217. The minimum atomic E-state index is -0.506. The molecule has 154 valence electrons. The zero-order chi connectivity index (χ0) is 21.8. The van der Waals surface area contributed by atoms with Gasteiger partial charge in [0.1, 0.15) is 0 Å². The van der Waals surface area contributed by atoms with E-state index in [2.05, 4.69) is 47.1 Å². The van der Waals surface area contributed by atoms with E-state index in [1.54, 1.807) is 6.21 Å². The monoisotopic (exact) mass is 404 g/mol. The lowest BCUT2D eigenvalue weighted by Crippen LogP contribution is -2.17. The van der Waals surface area contributed by atoms with Crippen LogP contribution in [0.15, 0.2) is 53.6 Å². The van der Waals surface area contributed by atoms with Gasteiger partial charge in [-0.25, -0.2) is 5.43 Å². The Labute approximate surface area is 175 Å². The number of para-hydroxylation sites is 1. The molecule has 30 heavy (non-hydrogen) atoms. The molecule has 1 N–H and O–H groups in total. The van der Waals surface area contributed by atoms with Crippen molar-refractivity contribution >= 4 is 17.8 Å². The summed E-state index contributed by atoms with van der Waals surface area (Å²) < 4.78 is 2.22. The second-order valence-corrected chi connectivity index (χ2v) is 7.10. The van der Waals surface area contributed by atoms with Crippen LogP contribution >= 0.6 is 0 Å². The highest BCUT2D eigenvalue weighted by atomic mass is 16.6. The third kappa shape index (κ3) is 4.15. The third-order valence-electron chi connectivity index (χ3n) is 5.11. The molecule has 0 saturated carbocycles. The van der Waals surface area contributed by atoms with Crippen molar-refractivity contribution in [2.75, 3.05) is 0 Å². The van der Waals surface area contributed by atoms with Crippen LogP contribution in [0.2, 0.25) is 0 Å². The first kappa shape index (κ1) is 21.0. The van der Waals surface area contributed by atoms with E-state index in [9.17, 15) is 14.9 Å². The largest absolute Gasteiger partial charge is 0.317 e. The van der Waals surface area contributed by atoms with Crippen LogP contribution in [0.1, 0.15) is 45.4 Å². The van der Waals surface area contributed by atoms with Gasteiger partial charge in [0, 0.05) is 34.6 Å². The van der Waals surface area contributed by atoms with E-state index in [1.165, 1.54) is 41.1 Å². The Bertz CT molecular complexity index is 1130. The van der Waals surface area contributed by atoms with Crippen molar-refractivity contribution in [3.63, 3.8) is 0 Å². The summed E-state index contributed by atoms with van der Waals surface area (Å²) in [4.78, 5) is 22.4. The van der Waals surface area contributed by atoms with Crippen LogP contribution in [0.5, 0.6) is 0 Å². The summed E-state index contributed by atoms with van der Waals surface area (Å²) in [6, 6.07) is 13.7. The van der Waals surface area contributed by atoms with Gasteiger partial charge < -0.3 is 4.57 Å². The smallest absolute Gasteiger partial charge is 0.271 e.